The van der Waals surface area contributed by atoms with Gasteiger partial charge in [-0.1, -0.05) is 0 Å². The predicted molar refractivity (Wildman–Crippen MR) is 90.6 cm³/mol. The molecule has 0 radical (unpaired) electrons. The van der Waals surface area contributed by atoms with Gasteiger partial charge < -0.3 is 15.2 Å². The number of hydrogen-bond acceptors (Lipinski definition) is 4. The second-order valence-electron chi connectivity index (χ2n) is 6.43. The summed E-state index contributed by atoms with van der Waals surface area (Å²) in [5, 5.41) is 4.47. The number of aromatic amines is 1. The van der Waals surface area contributed by atoms with Crippen molar-refractivity contribution in [3.63, 3.8) is 0 Å². The van der Waals surface area contributed by atoms with Crippen molar-refractivity contribution in [3.8, 4) is 11.1 Å². The minimum absolute atomic E-state index is 0.0292. The first-order valence-electron chi connectivity index (χ1n) is 8.23. The molecule has 6 nitrogen and oxygen atoms in total. The first-order valence-corrected chi connectivity index (χ1v) is 8.23. The molecule has 5 rings (SSSR count). The number of aromatic nitrogens is 3. The van der Waals surface area contributed by atoms with Gasteiger partial charge in [0.1, 0.15) is 11.3 Å². The summed E-state index contributed by atoms with van der Waals surface area (Å²) in [6.45, 7) is 1.61. The third-order valence-electron chi connectivity index (χ3n) is 4.89. The standard InChI is InChI=1S/C18H17N5O/c24-18(23-6-5-20-14-9-16(14)23)15-8-11(1-3-19-15)13-7-12-2-4-21-17(12)22-10-13/h1-4,7-8,10,14,16,20H,5-6,9H2,(H,21,22). The van der Waals surface area contributed by atoms with E-state index in [1.54, 1.807) is 6.20 Å². The van der Waals surface area contributed by atoms with Gasteiger partial charge in [0.25, 0.3) is 5.91 Å². The number of piperazine rings is 1. The van der Waals surface area contributed by atoms with E-state index in [-0.39, 0.29) is 5.91 Å². The van der Waals surface area contributed by atoms with Crippen LogP contribution in [0.25, 0.3) is 22.2 Å². The Hall–Kier alpha value is -2.73. The summed E-state index contributed by atoms with van der Waals surface area (Å²) in [6.07, 6.45) is 6.46. The van der Waals surface area contributed by atoms with Crippen molar-refractivity contribution in [2.24, 2.45) is 0 Å². The minimum atomic E-state index is 0.0292. The number of hydrogen-bond donors (Lipinski definition) is 2. The Labute approximate surface area is 138 Å². The average molecular weight is 319 g/mol. The highest BCUT2D eigenvalue weighted by Crippen LogP contribution is 2.32. The number of pyridine rings is 2. The molecule has 2 unspecified atom stereocenters. The third kappa shape index (κ3) is 2.18. The molecule has 1 saturated heterocycles. The second-order valence-corrected chi connectivity index (χ2v) is 6.43. The van der Waals surface area contributed by atoms with E-state index in [4.69, 9.17) is 0 Å². The summed E-state index contributed by atoms with van der Waals surface area (Å²) in [5.74, 6) is 0.0292. The summed E-state index contributed by atoms with van der Waals surface area (Å²) in [5.41, 5.74) is 3.33. The lowest BCUT2D eigenvalue weighted by Crippen LogP contribution is -2.46. The van der Waals surface area contributed by atoms with Gasteiger partial charge >= 0.3 is 0 Å². The van der Waals surface area contributed by atoms with E-state index in [1.807, 2.05) is 35.5 Å². The molecule has 1 amide bonds. The Morgan fingerprint density at radius 3 is 3.12 bits per heavy atom. The highest BCUT2D eigenvalue weighted by molar-refractivity contribution is 5.94. The fourth-order valence-electron chi connectivity index (χ4n) is 3.51. The van der Waals surface area contributed by atoms with Crippen LogP contribution in [0.1, 0.15) is 16.9 Å². The zero-order valence-corrected chi connectivity index (χ0v) is 13.1. The first-order chi connectivity index (χ1) is 11.8. The SMILES string of the molecule is O=C(c1cc(-c2cnc3[nH]ccc3c2)ccn1)N1CCNC2CC21. The molecule has 1 saturated carbocycles. The molecule has 24 heavy (non-hydrogen) atoms. The van der Waals surface area contributed by atoms with E-state index in [0.29, 0.717) is 17.8 Å². The maximum Gasteiger partial charge on any atom is 0.272 e. The lowest BCUT2D eigenvalue weighted by Gasteiger charge is -2.27. The maximum atomic E-state index is 12.8. The largest absolute Gasteiger partial charge is 0.346 e. The molecule has 0 bridgehead atoms. The first kappa shape index (κ1) is 13.7. The van der Waals surface area contributed by atoms with Gasteiger partial charge in [-0.15, -0.1) is 0 Å². The molecule has 2 N–H and O–H groups in total. The number of H-pyrrole nitrogens is 1. The molecule has 3 aromatic heterocycles. The molecule has 2 atom stereocenters. The summed E-state index contributed by atoms with van der Waals surface area (Å²) in [6, 6.07) is 8.68. The third-order valence-corrected chi connectivity index (χ3v) is 4.89. The summed E-state index contributed by atoms with van der Waals surface area (Å²) >= 11 is 0. The molecule has 3 aromatic rings. The number of amides is 1. The van der Waals surface area contributed by atoms with Crippen LogP contribution in [0.4, 0.5) is 0 Å². The lowest BCUT2D eigenvalue weighted by molar-refractivity contribution is 0.0713. The summed E-state index contributed by atoms with van der Waals surface area (Å²) in [4.78, 5) is 26.6. The van der Waals surface area contributed by atoms with Crippen molar-refractivity contribution in [2.45, 2.75) is 18.5 Å². The monoisotopic (exact) mass is 319 g/mol. The lowest BCUT2D eigenvalue weighted by atomic mass is 10.1. The van der Waals surface area contributed by atoms with Gasteiger partial charge in [-0.25, -0.2) is 4.98 Å². The Bertz CT molecular complexity index is 934. The molecule has 4 heterocycles. The number of nitrogens with zero attached hydrogens (tertiary/aromatic N) is 3. The van der Waals surface area contributed by atoms with Crippen molar-refractivity contribution in [1.29, 1.82) is 0 Å². The van der Waals surface area contributed by atoms with E-state index < -0.39 is 0 Å². The van der Waals surface area contributed by atoms with E-state index in [9.17, 15) is 4.79 Å². The average Bonchev–Trinajstić information content (AvgIpc) is 3.28. The van der Waals surface area contributed by atoms with Crippen LogP contribution in [0, 0.1) is 0 Å². The summed E-state index contributed by atoms with van der Waals surface area (Å²) in [7, 11) is 0. The number of carbonyl (C=O) groups is 1. The molecule has 0 spiro atoms. The van der Waals surface area contributed by atoms with Crippen LogP contribution in [0.2, 0.25) is 0 Å². The van der Waals surface area contributed by atoms with E-state index in [2.05, 4.69) is 26.3 Å². The number of carbonyl (C=O) groups excluding carboxylic acids is 1. The van der Waals surface area contributed by atoms with Crippen LogP contribution in [0.15, 0.2) is 42.9 Å². The molecule has 1 aliphatic carbocycles. The van der Waals surface area contributed by atoms with E-state index in [1.165, 1.54) is 0 Å². The predicted octanol–water partition coefficient (Wildman–Crippen LogP) is 1.81. The molecule has 120 valence electrons. The van der Waals surface area contributed by atoms with E-state index >= 15 is 0 Å². The van der Waals surface area contributed by atoms with Crippen molar-refractivity contribution < 1.29 is 4.79 Å². The van der Waals surface area contributed by atoms with Gasteiger partial charge in [0.2, 0.25) is 0 Å². The summed E-state index contributed by atoms with van der Waals surface area (Å²) < 4.78 is 0. The smallest absolute Gasteiger partial charge is 0.272 e. The Morgan fingerprint density at radius 1 is 1.21 bits per heavy atom. The number of fused-ring (bicyclic) bond motifs is 2. The van der Waals surface area contributed by atoms with Crippen LogP contribution in [-0.2, 0) is 0 Å². The van der Waals surface area contributed by atoms with Crippen LogP contribution in [0.3, 0.4) is 0 Å². The topological polar surface area (TPSA) is 73.9 Å². The van der Waals surface area contributed by atoms with Crippen molar-refractivity contribution in [3.05, 3.63) is 48.5 Å². The van der Waals surface area contributed by atoms with Crippen molar-refractivity contribution in [2.75, 3.05) is 13.1 Å². The zero-order chi connectivity index (χ0) is 16.1. The molecule has 2 aliphatic rings. The number of nitrogens with one attached hydrogen (secondary N) is 2. The van der Waals surface area contributed by atoms with Crippen LogP contribution >= 0.6 is 0 Å². The van der Waals surface area contributed by atoms with Crippen LogP contribution in [0.5, 0.6) is 0 Å². The minimum Gasteiger partial charge on any atom is -0.346 e. The second kappa shape index (κ2) is 5.14. The van der Waals surface area contributed by atoms with Gasteiger partial charge in [-0.3, -0.25) is 9.78 Å². The maximum absolute atomic E-state index is 12.8. The molecule has 0 aromatic carbocycles. The van der Waals surface area contributed by atoms with Gasteiger partial charge in [0.15, 0.2) is 0 Å². The van der Waals surface area contributed by atoms with Crippen LogP contribution < -0.4 is 5.32 Å². The van der Waals surface area contributed by atoms with Crippen molar-refractivity contribution >= 4 is 16.9 Å². The van der Waals surface area contributed by atoms with Gasteiger partial charge in [-0.05, 0) is 36.2 Å². The zero-order valence-electron chi connectivity index (χ0n) is 13.1. The fourth-order valence-corrected chi connectivity index (χ4v) is 3.51. The Morgan fingerprint density at radius 2 is 2.17 bits per heavy atom. The molecular weight excluding hydrogens is 302 g/mol. The quantitative estimate of drug-likeness (QED) is 0.755. The van der Waals surface area contributed by atoms with Gasteiger partial charge in [0, 0.05) is 54.7 Å². The van der Waals surface area contributed by atoms with E-state index in [0.717, 1.165) is 41.7 Å². The number of rotatable bonds is 2. The molecule has 1 aliphatic heterocycles. The Kier molecular flexibility index (Phi) is 2.93. The highest BCUT2D eigenvalue weighted by atomic mass is 16.2. The van der Waals surface area contributed by atoms with Gasteiger partial charge in [-0.2, -0.15) is 0 Å². The van der Waals surface area contributed by atoms with Gasteiger partial charge in [0.05, 0.1) is 0 Å². The molecular formula is C18H17N5O. The fraction of sp³-hybridized carbons (Fsp3) is 0.278. The molecule has 2 fully saturated rings. The van der Waals surface area contributed by atoms with Crippen molar-refractivity contribution in [1.82, 2.24) is 25.2 Å². The van der Waals surface area contributed by atoms with Crippen LogP contribution in [-0.4, -0.2) is 50.9 Å². The highest BCUT2D eigenvalue weighted by Gasteiger charge is 2.46. The normalized spacial score (nSPS) is 22.4. The Balaban J connectivity index is 1.48. The molecule has 6 heteroatoms.